The number of hydrogen-bond acceptors (Lipinski definition) is 5. The van der Waals surface area contributed by atoms with Crippen LogP contribution in [0.2, 0.25) is 0 Å². The van der Waals surface area contributed by atoms with E-state index >= 15 is 0 Å². The van der Waals surface area contributed by atoms with E-state index in [1.165, 1.54) is 0 Å². The van der Waals surface area contributed by atoms with E-state index in [1.807, 2.05) is 46.1 Å². The Kier molecular flexibility index (Phi) is 7.18. The van der Waals surface area contributed by atoms with Crippen molar-refractivity contribution < 1.29 is 9.47 Å². The fourth-order valence-electron chi connectivity index (χ4n) is 1.68. The maximum Gasteiger partial charge on any atom is 0.123 e. The van der Waals surface area contributed by atoms with Gasteiger partial charge in [0.25, 0.3) is 0 Å². The number of nitrogens with one attached hydrogen (secondary N) is 1. The summed E-state index contributed by atoms with van der Waals surface area (Å²) in [5, 5.41) is 3.29. The second-order valence-electron chi connectivity index (χ2n) is 5.30. The Morgan fingerprint density at radius 2 is 1.95 bits per heavy atom. The summed E-state index contributed by atoms with van der Waals surface area (Å²) in [6.07, 6.45) is 0.138. The van der Waals surface area contributed by atoms with Crippen molar-refractivity contribution in [2.24, 2.45) is 0 Å². The fourth-order valence-corrected chi connectivity index (χ4v) is 1.68. The van der Waals surface area contributed by atoms with Gasteiger partial charge in [0.2, 0.25) is 0 Å². The largest absolute Gasteiger partial charge is 0.491 e. The SMILES string of the molecule is CC(C)Oc1cc(N)cc(NCCOCCN(C)C)c1. The van der Waals surface area contributed by atoms with Crippen LogP contribution in [0.5, 0.6) is 5.75 Å². The Bertz CT molecular complexity index is 395. The minimum Gasteiger partial charge on any atom is -0.491 e. The van der Waals surface area contributed by atoms with Crippen molar-refractivity contribution in [1.82, 2.24) is 4.90 Å². The van der Waals surface area contributed by atoms with Gasteiger partial charge >= 0.3 is 0 Å². The van der Waals surface area contributed by atoms with Crippen molar-refractivity contribution in [3.05, 3.63) is 18.2 Å². The number of likely N-dealkylation sites (N-methyl/N-ethyl adjacent to an activating group) is 1. The minimum absolute atomic E-state index is 0.138. The highest BCUT2D eigenvalue weighted by molar-refractivity contribution is 5.59. The van der Waals surface area contributed by atoms with Crippen LogP contribution in [-0.2, 0) is 4.74 Å². The molecule has 0 atom stereocenters. The predicted molar refractivity (Wildman–Crippen MR) is 84.5 cm³/mol. The van der Waals surface area contributed by atoms with E-state index in [9.17, 15) is 0 Å². The predicted octanol–water partition coefficient (Wildman–Crippen LogP) is 2.05. The molecular weight excluding hydrogens is 254 g/mol. The average molecular weight is 281 g/mol. The first-order valence-electron chi connectivity index (χ1n) is 7.01. The van der Waals surface area contributed by atoms with E-state index in [2.05, 4.69) is 10.2 Å². The number of ether oxygens (including phenoxy) is 2. The molecule has 3 N–H and O–H groups in total. The molecule has 0 radical (unpaired) electrons. The molecule has 0 bridgehead atoms. The van der Waals surface area contributed by atoms with Crippen LogP contribution in [0, 0.1) is 0 Å². The molecule has 20 heavy (non-hydrogen) atoms. The topological polar surface area (TPSA) is 59.8 Å². The molecule has 1 rings (SSSR count). The molecule has 1 aromatic carbocycles. The van der Waals surface area contributed by atoms with Crippen LogP contribution in [0.3, 0.4) is 0 Å². The Balaban J connectivity index is 2.34. The average Bonchev–Trinajstić information content (AvgIpc) is 2.31. The van der Waals surface area contributed by atoms with Gasteiger partial charge in [0.05, 0.1) is 19.3 Å². The monoisotopic (exact) mass is 281 g/mol. The second-order valence-corrected chi connectivity index (χ2v) is 5.30. The number of nitrogens with zero attached hydrogens (tertiary/aromatic N) is 1. The molecule has 1 aromatic rings. The van der Waals surface area contributed by atoms with E-state index in [0.29, 0.717) is 12.3 Å². The molecule has 0 aromatic heterocycles. The third-order valence-electron chi connectivity index (χ3n) is 2.56. The highest BCUT2D eigenvalue weighted by Gasteiger charge is 2.02. The minimum atomic E-state index is 0.138. The van der Waals surface area contributed by atoms with Crippen molar-refractivity contribution in [2.45, 2.75) is 20.0 Å². The van der Waals surface area contributed by atoms with Crippen LogP contribution < -0.4 is 15.8 Å². The van der Waals surface area contributed by atoms with Gasteiger partial charge in [-0.1, -0.05) is 0 Å². The van der Waals surface area contributed by atoms with Crippen LogP contribution in [0.15, 0.2) is 18.2 Å². The van der Waals surface area contributed by atoms with Gasteiger partial charge < -0.3 is 25.4 Å². The zero-order valence-corrected chi connectivity index (χ0v) is 13.0. The quantitative estimate of drug-likeness (QED) is 0.536. The summed E-state index contributed by atoms with van der Waals surface area (Å²) in [4.78, 5) is 2.10. The smallest absolute Gasteiger partial charge is 0.123 e. The van der Waals surface area contributed by atoms with E-state index in [4.69, 9.17) is 15.2 Å². The molecular formula is C15H27N3O2. The molecule has 0 heterocycles. The lowest BCUT2D eigenvalue weighted by Crippen LogP contribution is -2.20. The van der Waals surface area contributed by atoms with Crippen molar-refractivity contribution >= 4 is 11.4 Å². The molecule has 5 heteroatoms. The summed E-state index contributed by atoms with van der Waals surface area (Å²) in [7, 11) is 4.06. The number of nitrogens with two attached hydrogens (primary N) is 1. The molecule has 0 aliphatic heterocycles. The van der Waals surface area contributed by atoms with Crippen molar-refractivity contribution in [3.63, 3.8) is 0 Å². The van der Waals surface area contributed by atoms with Crippen LogP contribution >= 0.6 is 0 Å². The second kappa shape index (κ2) is 8.66. The van der Waals surface area contributed by atoms with Gasteiger partial charge in [0, 0.05) is 36.6 Å². The van der Waals surface area contributed by atoms with Crippen molar-refractivity contribution in [1.29, 1.82) is 0 Å². The van der Waals surface area contributed by atoms with Gasteiger partial charge in [0.1, 0.15) is 5.75 Å². The van der Waals surface area contributed by atoms with E-state index < -0.39 is 0 Å². The number of nitrogen functional groups attached to an aromatic ring is 1. The number of anilines is 2. The number of rotatable bonds is 9. The molecule has 0 unspecified atom stereocenters. The zero-order chi connectivity index (χ0) is 15.0. The third kappa shape index (κ3) is 7.21. The van der Waals surface area contributed by atoms with Crippen LogP contribution in [0.1, 0.15) is 13.8 Å². The summed E-state index contributed by atoms with van der Waals surface area (Å²) >= 11 is 0. The van der Waals surface area contributed by atoms with E-state index in [-0.39, 0.29) is 6.10 Å². The lowest BCUT2D eigenvalue weighted by atomic mass is 10.2. The molecule has 0 saturated carbocycles. The Hall–Kier alpha value is -1.46. The lowest BCUT2D eigenvalue weighted by molar-refractivity contribution is 0.126. The Morgan fingerprint density at radius 1 is 1.20 bits per heavy atom. The van der Waals surface area contributed by atoms with Gasteiger partial charge in [0.15, 0.2) is 0 Å². The van der Waals surface area contributed by atoms with Gasteiger partial charge in [-0.3, -0.25) is 0 Å². The molecule has 0 aliphatic rings. The normalized spacial score (nSPS) is 11.1. The maximum absolute atomic E-state index is 5.86. The summed E-state index contributed by atoms with van der Waals surface area (Å²) in [5.74, 6) is 0.788. The maximum atomic E-state index is 5.86. The highest BCUT2D eigenvalue weighted by Crippen LogP contribution is 2.23. The van der Waals surface area contributed by atoms with Gasteiger partial charge in [-0.2, -0.15) is 0 Å². The molecule has 0 saturated heterocycles. The van der Waals surface area contributed by atoms with Crippen LogP contribution in [-0.4, -0.2) is 51.4 Å². The Morgan fingerprint density at radius 3 is 2.60 bits per heavy atom. The van der Waals surface area contributed by atoms with E-state index in [0.717, 1.165) is 31.1 Å². The van der Waals surface area contributed by atoms with Crippen molar-refractivity contribution in [3.8, 4) is 5.75 Å². The van der Waals surface area contributed by atoms with Crippen molar-refractivity contribution in [2.75, 3.05) is 51.4 Å². The van der Waals surface area contributed by atoms with Crippen LogP contribution in [0.4, 0.5) is 11.4 Å². The van der Waals surface area contributed by atoms with Gasteiger partial charge in [-0.15, -0.1) is 0 Å². The summed E-state index contributed by atoms with van der Waals surface area (Å²) in [6, 6.07) is 5.68. The number of benzene rings is 1. The molecule has 0 aliphatic carbocycles. The molecule has 0 fully saturated rings. The standard InChI is InChI=1S/C15H27N3O2/c1-12(2)20-15-10-13(16)9-14(11-15)17-5-7-19-8-6-18(3)4/h9-12,17H,5-8,16H2,1-4H3. The zero-order valence-electron chi connectivity index (χ0n) is 13.0. The first-order chi connectivity index (χ1) is 9.47. The molecule has 0 amide bonds. The third-order valence-corrected chi connectivity index (χ3v) is 2.56. The van der Waals surface area contributed by atoms with Crippen LogP contribution in [0.25, 0.3) is 0 Å². The summed E-state index contributed by atoms with van der Waals surface area (Å²) in [5.41, 5.74) is 7.51. The fraction of sp³-hybridized carbons (Fsp3) is 0.600. The Labute approximate surface area is 122 Å². The van der Waals surface area contributed by atoms with Gasteiger partial charge in [-0.25, -0.2) is 0 Å². The highest BCUT2D eigenvalue weighted by atomic mass is 16.5. The van der Waals surface area contributed by atoms with E-state index in [1.54, 1.807) is 0 Å². The molecule has 5 nitrogen and oxygen atoms in total. The molecule has 0 spiro atoms. The number of hydrogen-bond donors (Lipinski definition) is 2. The summed E-state index contributed by atoms with van der Waals surface area (Å²) < 4.78 is 11.2. The summed E-state index contributed by atoms with van der Waals surface area (Å²) in [6.45, 7) is 7.09. The first kappa shape index (κ1) is 16.6. The van der Waals surface area contributed by atoms with Gasteiger partial charge in [-0.05, 0) is 34.0 Å². The first-order valence-corrected chi connectivity index (χ1v) is 7.01. The lowest BCUT2D eigenvalue weighted by Gasteiger charge is -2.14. The molecule has 114 valence electrons.